The van der Waals surface area contributed by atoms with Gasteiger partial charge >= 0.3 is 0 Å². The molecule has 21 N–H and O–H groups in total. The molecule has 19 heteroatoms. The normalized spacial score (nSPS) is 12.8. The first-order chi connectivity index (χ1) is 30.4. The number of carbonyl (C=O) groups excluding carboxylic acids is 1. The second-order valence-electron chi connectivity index (χ2n) is 15.3. The van der Waals surface area contributed by atoms with Crippen LogP contribution in [0, 0.1) is 17.8 Å². The number of nitrogens with one attached hydrogen (secondary N) is 11. The standard InChI is InChI=1S/C14H25N3.C8H20N4O.C8H21N3O.C7H19N3O.C7H19N3.CH4/c1-3-12(2)14-6-4-13(5-7-14)8-9-16-11-17-10-15;1-3-7(2)8(13)12-6-11-5-10-4-9;1-3-8(2)12-5-4-10-7-11-6-9;1-7(4-11-2)3-9-6-10-5-8;1-3-7(2)4-9-6-10-5-8;/h4-7,12,16-17H,3,8-11,15H2,1-2H3;7,10-11H,3-6,9H2,1-2H3,(H,12,13);8,10-11H,3-7,9H2,1-2H3;7,9-10H,3-6,8H2,1-2H3;7,9-10H,3-6,8H2,1-2H3;1H4. The van der Waals surface area contributed by atoms with Gasteiger partial charge in [0.2, 0.25) is 5.91 Å². The van der Waals surface area contributed by atoms with Crippen molar-refractivity contribution in [2.45, 2.75) is 114 Å². The monoisotopic (exact) mass is 921 g/mol. The molecule has 1 rings (SSSR count). The SMILES string of the molecule is C.CCC(C)C(=O)NCNCNCN.CCC(C)CNCNCN.CCC(C)OCCNCNCN.CCC(C)c1ccc(CCNCNCN)cc1.COCC(C)CNCNCN. The minimum Gasteiger partial charge on any atom is -0.384 e. The van der Waals surface area contributed by atoms with Crippen molar-refractivity contribution in [3.05, 3.63) is 35.4 Å². The van der Waals surface area contributed by atoms with E-state index in [9.17, 15) is 4.79 Å². The smallest absolute Gasteiger partial charge is 0.223 e. The Labute approximate surface area is 393 Å². The van der Waals surface area contributed by atoms with Crippen LogP contribution in [-0.2, 0) is 20.7 Å². The fourth-order valence-corrected chi connectivity index (χ4v) is 4.61. The topological polar surface area (TPSA) is 298 Å². The Bertz CT molecular complexity index is 1010. The molecule has 0 aliphatic rings. The van der Waals surface area contributed by atoms with Gasteiger partial charge in [-0.2, -0.15) is 0 Å². The van der Waals surface area contributed by atoms with Crippen molar-refractivity contribution in [2.75, 3.05) is 120 Å². The number of ether oxygens (including phenoxy) is 2. The summed E-state index contributed by atoms with van der Waals surface area (Å²) in [7, 11) is 1.72. The summed E-state index contributed by atoms with van der Waals surface area (Å²) in [6, 6.07) is 8.97. The van der Waals surface area contributed by atoms with E-state index < -0.39 is 0 Å². The van der Waals surface area contributed by atoms with E-state index in [0.29, 0.717) is 64.6 Å². The Morgan fingerprint density at radius 3 is 1.47 bits per heavy atom. The lowest BCUT2D eigenvalue weighted by molar-refractivity contribution is -0.124. The highest BCUT2D eigenvalue weighted by atomic mass is 16.5. The van der Waals surface area contributed by atoms with Crippen LogP contribution in [0.1, 0.15) is 112 Å². The number of benzene rings is 1. The van der Waals surface area contributed by atoms with Gasteiger partial charge in [-0.1, -0.05) is 93.5 Å². The Balaban J connectivity index is -0.000000229. The second kappa shape index (κ2) is 59.0. The van der Waals surface area contributed by atoms with Gasteiger partial charge in [0.25, 0.3) is 0 Å². The zero-order valence-electron chi connectivity index (χ0n) is 41.9. The number of amides is 1. The predicted molar refractivity (Wildman–Crippen MR) is 275 cm³/mol. The van der Waals surface area contributed by atoms with Crippen LogP contribution >= 0.6 is 0 Å². The summed E-state index contributed by atoms with van der Waals surface area (Å²) >= 11 is 0. The van der Waals surface area contributed by atoms with Gasteiger partial charge in [-0.15, -0.1) is 0 Å². The molecule has 0 spiro atoms. The van der Waals surface area contributed by atoms with Crippen LogP contribution in [0.15, 0.2) is 24.3 Å². The van der Waals surface area contributed by atoms with Crippen LogP contribution in [0.3, 0.4) is 0 Å². The molecule has 0 aliphatic heterocycles. The summed E-state index contributed by atoms with van der Waals surface area (Å²) in [6.45, 7) is 31.4. The largest absolute Gasteiger partial charge is 0.384 e. The van der Waals surface area contributed by atoms with Gasteiger partial charge in [-0.25, -0.2) is 0 Å². The highest BCUT2D eigenvalue weighted by Crippen LogP contribution is 2.18. The maximum absolute atomic E-state index is 11.2. The maximum atomic E-state index is 11.2. The highest BCUT2D eigenvalue weighted by Gasteiger charge is 2.08. The van der Waals surface area contributed by atoms with Crippen molar-refractivity contribution in [3.8, 4) is 0 Å². The molecule has 0 saturated heterocycles. The lowest BCUT2D eigenvalue weighted by Gasteiger charge is -2.11. The van der Waals surface area contributed by atoms with E-state index >= 15 is 0 Å². The third kappa shape index (κ3) is 56.1. The van der Waals surface area contributed by atoms with Crippen molar-refractivity contribution in [2.24, 2.45) is 46.4 Å². The zero-order chi connectivity index (χ0) is 48.2. The average molecular weight is 921 g/mol. The van der Waals surface area contributed by atoms with E-state index in [1.54, 1.807) is 7.11 Å². The molecule has 1 aromatic carbocycles. The molecule has 0 aliphatic carbocycles. The summed E-state index contributed by atoms with van der Waals surface area (Å²) < 4.78 is 10.4. The van der Waals surface area contributed by atoms with Crippen molar-refractivity contribution >= 4 is 5.91 Å². The zero-order valence-corrected chi connectivity index (χ0v) is 41.9. The number of hydrogen-bond acceptors (Lipinski definition) is 18. The van der Waals surface area contributed by atoms with Crippen molar-refractivity contribution in [1.82, 2.24) is 58.5 Å². The fourth-order valence-electron chi connectivity index (χ4n) is 4.61. The summed E-state index contributed by atoms with van der Waals surface area (Å²) in [4.78, 5) is 11.2. The molecule has 19 nitrogen and oxygen atoms in total. The van der Waals surface area contributed by atoms with E-state index in [-0.39, 0.29) is 19.3 Å². The lowest BCUT2D eigenvalue weighted by Crippen LogP contribution is -2.41. The van der Waals surface area contributed by atoms with Crippen molar-refractivity contribution in [1.29, 1.82) is 0 Å². The van der Waals surface area contributed by atoms with Gasteiger partial charge in [-0.3, -0.25) is 36.7 Å². The molecular formula is C45H108N16O3. The minimum atomic E-state index is 0. The second-order valence-corrected chi connectivity index (χ2v) is 15.3. The predicted octanol–water partition coefficient (Wildman–Crippen LogP) is 0.852. The average Bonchev–Trinajstić information content (AvgIpc) is 3.30. The van der Waals surface area contributed by atoms with E-state index in [2.05, 4.69) is 131 Å². The molecule has 0 aromatic heterocycles. The van der Waals surface area contributed by atoms with Gasteiger partial charge in [-0.05, 0) is 68.0 Å². The molecule has 386 valence electrons. The van der Waals surface area contributed by atoms with E-state index in [0.717, 1.165) is 91.2 Å². The van der Waals surface area contributed by atoms with Gasteiger partial charge in [0.05, 0.1) is 19.4 Å². The third-order valence-electron chi connectivity index (χ3n) is 9.56. The maximum Gasteiger partial charge on any atom is 0.223 e. The van der Waals surface area contributed by atoms with Gasteiger partial charge in [0.15, 0.2) is 0 Å². The van der Waals surface area contributed by atoms with Crippen LogP contribution in [0.5, 0.6) is 0 Å². The van der Waals surface area contributed by atoms with Crippen LogP contribution < -0.4 is 87.2 Å². The van der Waals surface area contributed by atoms with Gasteiger partial charge in [0, 0.05) is 106 Å². The first-order valence-corrected chi connectivity index (χ1v) is 23.5. The molecule has 5 atom stereocenters. The number of nitrogens with two attached hydrogens (primary N) is 5. The molecule has 5 unspecified atom stereocenters. The molecule has 64 heavy (non-hydrogen) atoms. The molecule has 1 aromatic rings. The molecule has 0 fully saturated rings. The Hall–Kier alpha value is -1.99. The number of methoxy groups -OCH3 is 1. The number of carbonyl (C=O) groups is 1. The summed E-state index contributed by atoms with van der Waals surface area (Å²) in [6.07, 6.45) is 5.80. The van der Waals surface area contributed by atoms with Crippen LogP contribution in [0.25, 0.3) is 0 Å². The molecule has 1 amide bonds. The number of rotatable bonds is 36. The van der Waals surface area contributed by atoms with E-state index in [1.165, 1.54) is 24.0 Å². The van der Waals surface area contributed by atoms with Crippen LogP contribution in [0.4, 0.5) is 0 Å². The first kappa shape index (κ1) is 71.0. The number of hydrogen-bond donors (Lipinski definition) is 16. The summed E-state index contributed by atoms with van der Waals surface area (Å²) in [5.74, 6) is 2.15. The van der Waals surface area contributed by atoms with E-state index in [4.69, 9.17) is 38.1 Å². The van der Waals surface area contributed by atoms with Crippen LogP contribution in [0.2, 0.25) is 0 Å². The Morgan fingerprint density at radius 1 is 0.562 bits per heavy atom. The quantitative estimate of drug-likeness (QED) is 0.0328. The molecule has 0 bridgehead atoms. The Kier molecular flexibility index (Phi) is 65.5. The molecule has 0 saturated carbocycles. The van der Waals surface area contributed by atoms with Crippen LogP contribution in [-0.4, -0.2) is 132 Å². The van der Waals surface area contributed by atoms with E-state index in [1.807, 2.05) is 13.8 Å². The Morgan fingerprint density at radius 2 is 1.03 bits per heavy atom. The molecule has 0 radical (unpaired) electrons. The van der Waals surface area contributed by atoms with Gasteiger partial charge in [0.1, 0.15) is 0 Å². The summed E-state index contributed by atoms with van der Waals surface area (Å²) in [5.41, 5.74) is 29.0. The highest BCUT2D eigenvalue weighted by molar-refractivity contribution is 5.78. The first-order valence-electron chi connectivity index (χ1n) is 23.5. The molecular weight excluding hydrogens is 813 g/mol. The lowest BCUT2D eigenvalue weighted by atomic mass is 9.97. The fraction of sp³-hybridized carbons (Fsp3) is 0.844. The third-order valence-corrected chi connectivity index (χ3v) is 9.56. The summed E-state index contributed by atoms with van der Waals surface area (Å²) in [5, 5.41) is 33.5. The molecule has 0 heterocycles. The van der Waals surface area contributed by atoms with Crippen molar-refractivity contribution < 1.29 is 14.3 Å². The van der Waals surface area contributed by atoms with Crippen molar-refractivity contribution in [3.63, 3.8) is 0 Å². The van der Waals surface area contributed by atoms with Gasteiger partial charge < -0.3 is 64.7 Å². The minimum absolute atomic E-state index is 0.